The molecule has 4 N–H and O–H groups in total. The lowest BCUT2D eigenvalue weighted by atomic mass is 9.98. The summed E-state index contributed by atoms with van der Waals surface area (Å²) in [7, 11) is 0. The number of nitrogens with zero attached hydrogens (tertiary/aromatic N) is 3. The molecule has 30 heavy (non-hydrogen) atoms. The van der Waals surface area contributed by atoms with Crippen molar-refractivity contribution in [3.8, 4) is 0 Å². The summed E-state index contributed by atoms with van der Waals surface area (Å²) in [6.07, 6.45) is 4.49. The van der Waals surface area contributed by atoms with E-state index in [1.807, 2.05) is 6.07 Å². The van der Waals surface area contributed by atoms with E-state index >= 15 is 0 Å². The van der Waals surface area contributed by atoms with Gasteiger partial charge in [-0.2, -0.15) is 0 Å². The third-order valence-electron chi connectivity index (χ3n) is 5.61. The molecule has 2 aliphatic heterocycles. The largest absolute Gasteiger partial charge is 0.449 e. The van der Waals surface area contributed by atoms with Crippen molar-refractivity contribution in [2.45, 2.75) is 19.3 Å². The zero-order valence-corrected chi connectivity index (χ0v) is 17.7. The summed E-state index contributed by atoms with van der Waals surface area (Å²) in [6.45, 7) is 4.69. The van der Waals surface area contributed by atoms with Crippen molar-refractivity contribution in [2.24, 2.45) is 11.7 Å². The number of hydrogen-bond donors (Lipinski definition) is 2. The molecule has 2 amide bonds. The van der Waals surface area contributed by atoms with Crippen LogP contribution in [0.15, 0.2) is 12.3 Å². The van der Waals surface area contributed by atoms with E-state index in [9.17, 15) is 9.59 Å². The SMILES string of the molecule is NC(=O)c1sc2nccc(N3CCCC(COCCN4CCCOC4=O)C3)c2c1N. The Balaban J connectivity index is 1.37. The molecule has 2 aliphatic rings. The second kappa shape index (κ2) is 9.05. The molecular weight excluding hydrogens is 406 g/mol. The lowest BCUT2D eigenvalue weighted by Gasteiger charge is -2.35. The van der Waals surface area contributed by atoms with E-state index in [1.165, 1.54) is 11.3 Å². The minimum Gasteiger partial charge on any atom is -0.449 e. The Bertz CT molecular complexity index is 933. The minimum atomic E-state index is -0.524. The number of amides is 2. The number of nitrogens with two attached hydrogens (primary N) is 2. The van der Waals surface area contributed by atoms with Gasteiger partial charge in [0.25, 0.3) is 5.91 Å². The molecule has 0 bridgehead atoms. The van der Waals surface area contributed by atoms with Crippen molar-refractivity contribution in [3.63, 3.8) is 0 Å². The van der Waals surface area contributed by atoms with Crippen molar-refractivity contribution in [3.05, 3.63) is 17.1 Å². The number of carbonyl (C=O) groups excluding carboxylic acids is 2. The summed E-state index contributed by atoms with van der Waals surface area (Å²) in [5.74, 6) is -0.144. The Morgan fingerprint density at radius 2 is 2.23 bits per heavy atom. The van der Waals surface area contributed by atoms with Gasteiger partial charge in [0.05, 0.1) is 36.6 Å². The number of thiophene rings is 1. The number of anilines is 2. The Labute approximate surface area is 178 Å². The van der Waals surface area contributed by atoms with Crippen LogP contribution in [0.1, 0.15) is 28.9 Å². The smallest absolute Gasteiger partial charge is 0.409 e. The van der Waals surface area contributed by atoms with E-state index < -0.39 is 5.91 Å². The molecule has 2 aromatic heterocycles. The normalized spacial score (nSPS) is 19.9. The number of fused-ring (bicyclic) bond motifs is 1. The molecule has 1 unspecified atom stereocenters. The number of piperidine rings is 1. The highest BCUT2D eigenvalue weighted by molar-refractivity contribution is 7.21. The first-order chi connectivity index (χ1) is 14.5. The van der Waals surface area contributed by atoms with Crippen molar-refractivity contribution in [2.75, 3.05) is 56.6 Å². The monoisotopic (exact) mass is 433 g/mol. The summed E-state index contributed by atoms with van der Waals surface area (Å²) < 4.78 is 10.9. The molecule has 10 heteroatoms. The van der Waals surface area contributed by atoms with Crippen LogP contribution >= 0.6 is 11.3 Å². The Kier molecular flexibility index (Phi) is 6.24. The maximum absolute atomic E-state index is 11.7. The minimum absolute atomic E-state index is 0.251. The zero-order chi connectivity index (χ0) is 21.1. The molecule has 0 aromatic carbocycles. The maximum atomic E-state index is 11.7. The average Bonchev–Trinajstić information content (AvgIpc) is 3.10. The fourth-order valence-corrected chi connectivity index (χ4v) is 5.06. The number of ether oxygens (including phenoxy) is 2. The van der Waals surface area contributed by atoms with Gasteiger partial charge in [-0.1, -0.05) is 0 Å². The molecule has 4 rings (SSSR count). The Hall–Kier alpha value is -2.59. The van der Waals surface area contributed by atoms with Gasteiger partial charge in [0.1, 0.15) is 9.71 Å². The number of cyclic esters (lactones) is 1. The Morgan fingerprint density at radius 1 is 1.37 bits per heavy atom. The summed E-state index contributed by atoms with van der Waals surface area (Å²) >= 11 is 1.24. The number of rotatable bonds is 7. The zero-order valence-electron chi connectivity index (χ0n) is 16.8. The highest BCUT2D eigenvalue weighted by atomic mass is 32.1. The first kappa shape index (κ1) is 20.7. The maximum Gasteiger partial charge on any atom is 0.409 e. The summed E-state index contributed by atoms with van der Waals surface area (Å²) in [6, 6.07) is 1.95. The van der Waals surface area contributed by atoms with Crippen LogP contribution in [0.5, 0.6) is 0 Å². The molecule has 162 valence electrons. The van der Waals surface area contributed by atoms with Crippen LogP contribution in [-0.2, 0) is 9.47 Å². The summed E-state index contributed by atoms with van der Waals surface area (Å²) in [5.41, 5.74) is 13.1. The number of primary amides is 1. The number of carbonyl (C=O) groups is 2. The van der Waals surface area contributed by atoms with Crippen LogP contribution in [0.2, 0.25) is 0 Å². The molecule has 2 saturated heterocycles. The van der Waals surface area contributed by atoms with Gasteiger partial charge < -0.3 is 30.7 Å². The van der Waals surface area contributed by atoms with E-state index in [0.717, 1.165) is 54.8 Å². The van der Waals surface area contributed by atoms with Crippen LogP contribution in [0.4, 0.5) is 16.2 Å². The molecule has 4 heterocycles. The molecule has 0 aliphatic carbocycles. The predicted molar refractivity (Wildman–Crippen MR) is 116 cm³/mol. The number of hydrogen-bond acceptors (Lipinski definition) is 8. The lowest BCUT2D eigenvalue weighted by Crippen LogP contribution is -2.40. The van der Waals surface area contributed by atoms with Crippen LogP contribution in [0, 0.1) is 5.92 Å². The van der Waals surface area contributed by atoms with E-state index in [4.69, 9.17) is 20.9 Å². The Morgan fingerprint density at radius 3 is 3.03 bits per heavy atom. The fraction of sp³-hybridized carbons (Fsp3) is 0.550. The standard InChI is InChI=1S/C20H27N5O4S/c21-16-15-14(4-5-23-19(15)30-17(16)18(22)26)25-6-1-3-13(11-25)12-28-10-8-24-7-2-9-29-20(24)27/h4-5,13H,1-3,6-12,21H2,(H2,22,26). The van der Waals surface area contributed by atoms with Crippen LogP contribution < -0.4 is 16.4 Å². The second-order valence-electron chi connectivity index (χ2n) is 7.70. The number of nitrogen functional groups attached to an aromatic ring is 1. The van der Waals surface area contributed by atoms with E-state index in [1.54, 1.807) is 11.1 Å². The molecule has 0 spiro atoms. The topological polar surface area (TPSA) is 124 Å². The third kappa shape index (κ3) is 4.29. The van der Waals surface area contributed by atoms with Crippen molar-refractivity contribution >= 4 is 44.9 Å². The first-order valence-corrected chi connectivity index (χ1v) is 11.1. The van der Waals surface area contributed by atoms with E-state index in [-0.39, 0.29) is 6.09 Å². The molecule has 9 nitrogen and oxygen atoms in total. The summed E-state index contributed by atoms with van der Waals surface area (Å²) in [4.78, 5) is 32.8. The van der Waals surface area contributed by atoms with Gasteiger partial charge >= 0.3 is 6.09 Å². The van der Waals surface area contributed by atoms with Crippen LogP contribution in [-0.4, -0.2) is 67.9 Å². The van der Waals surface area contributed by atoms with Crippen molar-refractivity contribution in [1.29, 1.82) is 0 Å². The molecule has 2 aromatic rings. The highest BCUT2D eigenvalue weighted by Crippen LogP contribution is 2.39. The second-order valence-corrected chi connectivity index (χ2v) is 8.70. The van der Waals surface area contributed by atoms with Gasteiger partial charge in [-0.25, -0.2) is 9.78 Å². The quantitative estimate of drug-likeness (QED) is 0.640. The van der Waals surface area contributed by atoms with E-state index in [2.05, 4.69) is 9.88 Å². The molecule has 2 fully saturated rings. The predicted octanol–water partition coefficient (Wildman–Crippen LogP) is 2.05. The van der Waals surface area contributed by atoms with Gasteiger partial charge in [-0.05, 0) is 31.2 Å². The van der Waals surface area contributed by atoms with Crippen LogP contribution in [0.3, 0.4) is 0 Å². The van der Waals surface area contributed by atoms with Crippen LogP contribution in [0.25, 0.3) is 10.2 Å². The third-order valence-corrected chi connectivity index (χ3v) is 6.73. The highest BCUT2D eigenvalue weighted by Gasteiger charge is 2.25. The van der Waals surface area contributed by atoms with E-state index in [0.29, 0.717) is 42.8 Å². The summed E-state index contributed by atoms with van der Waals surface area (Å²) in [5, 5.41) is 0.807. The molecule has 1 atom stereocenters. The van der Waals surface area contributed by atoms with Gasteiger partial charge in [0.15, 0.2) is 0 Å². The van der Waals surface area contributed by atoms with Gasteiger partial charge in [-0.3, -0.25) is 4.79 Å². The van der Waals surface area contributed by atoms with Gasteiger partial charge in [0.2, 0.25) is 0 Å². The fourth-order valence-electron chi connectivity index (χ4n) is 4.12. The molecule has 0 saturated carbocycles. The molecule has 0 radical (unpaired) electrons. The average molecular weight is 434 g/mol. The molecular formula is C20H27N5O4S. The van der Waals surface area contributed by atoms with Crippen molar-refractivity contribution < 1.29 is 19.1 Å². The lowest BCUT2D eigenvalue weighted by molar-refractivity contribution is 0.0428. The van der Waals surface area contributed by atoms with Gasteiger partial charge in [0, 0.05) is 32.4 Å². The first-order valence-electron chi connectivity index (χ1n) is 10.3. The number of aromatic nitrogens is 1. The van der Waals surface area contributed by atoms with Gasteiger partial charge in [-0.15, -0.1) is 11.3 Å². The van der Waals surface area contributed by atoms with Crippen molar-refractivity contribution in [1.82, 2.24) is 9.88 Å². The number of pyridine rings is 1.